The van der Waals surface area contributed by atoms with Crippen LogP contribution < -0.4 is 15.0 Å². The molecule has 1 saturated carbocycles. The van der Waals surface area contributed by atoms with Crippen molar-refractivity contribution in [3.63, 3.8) is 0 Å². The highest BCUT2D eigenvalue weighted by Crippen LogP contribution is 2.35. The summed E-state index contributed by atoms with van der Waals surface area (Å²) in [4.78, 5) is 29.0. The van der Waals surface area contributed by atoms with Crippen LogP contribution in [0.3, 0.4) is 0 Å². The number of carbonyl (C=O) groups excluding carboxylic acids is 2. The van der Waals surface area contributed by atoms with Crippen molar-refractivity contribution in [2.45, 2.75) is 38.3 Å². The molecule has 1 fully saturated rings. The first-order valence-electron chi connectivity index (χ1n) is 9.61. The van der Waals surface area contributed by atoms with Gasteiger partial charge in [0.15, 0.2) is 0 Å². The van der Waals surface area contributed by atoms with Crippen molar-refractivity contribution in [1.29, 1.82) is 0 Å². The van der Waals surface area contributed by atoms with Gasteiger partial charge in [-0.15, -0.1) is 0 Å². The molecule has 1 aliphatic carbocycles. The van der Waals surface area contributed by atoms with Crippen LogP contribution in [-0.2, 0) is 9.53 Å². The van der Waals surface area contributed by atoms with Crippen LogP contribution in [0.2, 0.25) is 0 Å². The average molecular weight is 375 g/mol. The number of fused-ring (bicyclic) bond motifs is 1. The minimum atomic E-state index is -0.146. The van der Waals surface area contributed by atoms with Crippen molar-refractivity contribution in [2.24, 2.45) is 0 Å². The predicted octanol–water partition coefficient (Wildman–Crippen LogP) is 1.66. The van der Waals surface area contributed by atoms with Gasteiger partial charge in [-0.2, -0.15) is 0 Å². The smallest absolute Gasteiger partial charge is 0.251 e. The number of nitrogens with zero attached hydrogens (tertiary/aromatic N) is 2. The zero-order chi connectivity index (χ0) is 19.4. The number of likely N-dealkylation sites (N-methyl/N-ethyl adjacent to an activating group) is 1. The second-order valence-corrected chi connectivity index (χ2v) is 7.12. The molecule has 2 aliphatic rings. The van der Waals surface area contributed by atoms with Crippen molar-refractivity contribution in [1.82, 2.24) is 10.2 Å². The van der Waals surface area contributed by atoms with Gasteiger partial charge in [-0.1, -0.05) is 0 Å². The summed E-state index contributed by atoms with van der Waals surface area (Å²) in [5, 5.41) is 2.82. The first kappa shape index (κ1) is 19.5. The van der Waals surface area contributed by atoms with Crippen LogP contribution in [0.5, 0.6) is 5.75 Å². The summed E-state index contributed by atoms with van der Waals surface area (Å²) in [5.74, 6) is 0.772. The summed E-state index contributed by atoms with van der Waals surface area (Å²) < 4.78 is 10.8. The Morgan fingerprint density at radius 3 is 2.81 bits per heavy atom. The summed E-state index contributed by atoms with van der Waals surface area (Å²) in [5.41, 5.74) is 1.41. The number of benzene rings is 1. The third-order valence-corrected chi connectivity index (χ3v) is 5.23. The molecule has 1 aromatic carbocycles. The van der Waals surface area contributed by atoms with E-state index in [1.54, 1.807) is 13.2 Å². The molecule has 1 N–H and O–H groups in total. The lowest BCUT2D eigenvalue weighted by molar-refractivity contribution is -0.132. The number of hydrogen-bond acceptors (Lipinski definition) is 5. The predicted molar refractivity (Wildman–Crippen MR) is 103 cm³/mol. The van der Waals surface area contributed by atoms with E-state index in [4.69, 9.17) is 9.47 Å². The second-order valence-electron chi connectivity index (χ2n) is 7.12. The van der Waals surface area contributed by atoms with E-state index < -0.39 is 0 Å². The van der Waals surface area contributed by atoms with Gasteiger partial charge in [0, 0.05) is 38.9 Å². The molecule has 7 heteroatoms. The molecule has 1 heterocycles. The molecule has 1 aromatic rings. The Balaban J connectivity index is 1.67. The van der Waals surface area contributed by atoms with Gasteiger partial charge in [-0.05, 0) is 38.0 Å². The van der Waals surface area contributed by atoms with Crippen LogP contribution in [0.15, 0.2) is 18.2 Å². The molecule has 27 heavy (non-hydrogen) atoms. The quantitative estimate of drug-likeness (QED) is 0.700. The van der Waals surface area contributed by atoms with Crippen LogP contribution >= 0.6 is 0 Å². The molecule has 1 atom stereocenters. The van der Waals surface area contributed by atoms with Crippen LogP contribution in [0.25, 0.3) is 0 Å². The number of methoxy groups -OCH3 is 1. The zero-order valence-electron chi connectivity index (χ0n) is 16.4. The summed E-state index contributed by atoms with van der Waals surface area (Å²) >= 11 is 0. The molecule has 0 bridgehead atoms. The molecule has 0 aromatic heterocycles. The first-order valence-corrected chi connectivity index (χ1v) is 9.61. The minimum absolute atomic E-state index is 0.0374. The van der Waals surface area contributed by atoms with Gasteiger partial charge in [0.05, 0.1) is 24.8 Å². The monoisotopic (exact) mass is 375 g/mol. The van der Waals surface area contributed by atoms with E-state index in [1.165, 1.54) is 0 Å². The molecule has 7 nitrogen and oxygen atoms in total. The molecular formula is C20H29N3O4. The largest absolute Gasteiger partial charge is 0.489 e. The van der Waals surface area contributed by atoms with E-state index >= 15 is 0 Å². The van der Waals surface area contributed by atoms with E-state index in [-0.39, 0.29) is 17.9 Å². The van der Waals surface area contributed by atoms with Gasteiger partial charge in [0.2, 0.25) is 5.91 Å². The first-order chi connectivity index (χ1) is 13.0. The highest BCUT2D eigenvalue weighted by molar-refractivity contribution is 5.95. The molecule has 0 saturated heterocycles. The van der Waals surface area contributed by atoms with Gasteiger partial charge < -0.3 is 24.6 Å². The molecule has 3 rings (SSSR count). The third-order valence-electron chi connectivity index (χ3n) is 5.23. The van der Waals surface area contributed by atoms with E-state index in [9.17, 15) is 9.59 Å². The van der Waals surface area contributed by atoms with Crippen LogP contribution in [0, 0.1) is 0 Å². The summed E-state index contributed by atoms with van der Waals surface area (Å²) in [7, 11) is 3.56. The van der Waals surface area contributed by atoms with Crippen LogP contribution in [0.4, 0.5) is 5.69 Å². The molecule has 0 radical (unpaired) electrons. The van der Waals surface area contributed by atoms with Gasteiger partial charge in [-0.3, -0.25) is 9.59 Å². The summed E-state index contributed by atoms with van der Waals surface area (Å²) in [6.45, 7) is 4.18. The number of nitrogens with one attached hydrogen (secondary N) is 1. The maximum atomic E-state index is 12.7. The second kappa shape index (κ2) is 8.61. The SMILES string of the molecule is CCN(C(=O)CC1COc2ccc(C(=O)NCCOC)cc2N1C)C1CC1. The summed E-state index contributed by atoms with van der Waals surface area (Å²) in [6, 6.07) is 5.78. The highest BCUT2D eigenvalue weighted by Gasteiger charge is 2.34. The van der Waals surface area contributed by atoms with Crippen molar-refractivity contribution in [3.8, 4) is 5.75 Å². The Morgan fingerprint density at radius 2 is 2.15 bits per heavy atom. The maximum Gasteiger partial charge on any atom is 0.251 e. The Hall–Kier alpha value is -2.28. The van der Waals surface area contributed by atoms with Crippen LogP contribution in [-0.4, -0.2) is 69.3 Å². The highest BCUT2D eigenvalue weighted by atomic mass is 16.5. The fourth-order valence-corrected chi connectivity index (χ4v) is 3.46. The van der Waals surface area contributed by atoms with Crippen molar-refractivity contribution in [3.05, 3.63) is 23.8 Å². The topological polar surface area (TPSA) is 71.1 Å². The number of ether oxygens (including phenoxy) is 2. The number of rotatable bonds is 8. The Bertz CT molecular complexity index is 690. The number of carbonyl (C=O) groups is 2. The Kier molecular flexibility index (Phi) is 6.21. The van der Waals surface area contributed by atoms with Gasteiger partial charge in [0.25, 0.3) is 5.91 Å². The molecule has 2 amide bonds. The van der Waals surface area contributed by atoms with E-state index in [1.807, 2.05) is 31.0 Å². The minimum Gasteiger partial charge on any atom is -0.489 e. The maximum absolute atomic E-state index is 12.7. The Morgan fingerprint density at radius 1 is 1.37 bits per heavy atom. The Labute approximate surface area is 160 Å². The standard InChI is InChI=1S/C20H29N3O4/c1-4-23(15-6-7-15)19(24)12-16-13-27-18-8-5-14(11-17(18)22(16)2)20(25)21-9-10-26-3/h5,8,11,15-16H,4,6-7,9-10,12-13H2,1-3H3,(H,21,25). The molecule has 1 unspecified atom stereocenters. The molecule has 1 aliphatic heterocycles. The number of amides is 2. The van der Waals surface area contributed by atoms with Crippen LogP contribution in [0.1, 0.15) is 36.5 Å². The molecular weight excluding hydrogens is 346 g/mol. The third kappa shape index (κ3) is 4.53. The molecule has 148 valence electrons. The van der Waals surface area contributed by atoms with Crippen molar-refractivity contribution < 1.29 is 19.1 Å². The van der Waals surface area contributed by atoms with E-state index in [0.29, 0.717) is 37.8 Å². The fourth-order valence-electron chi connectivity index (χ4n) is 3.46. The number of anilines is 1. The molecule has 0 spiro atoms. The normalized spacial score (nSPS) is 18.5. The summed E-state index contributed by atoms with van der Waals surface area (Å²) in [6.07, 6.45) is 2.65. The van der Waals surface area contributed by atoms with E-state index in [2.05, 4.69) is 10.2 Å². The average Bonchev–Trinajstić information content (AvgIpc) is 3.49. The number of hydrogen-bond donors (Lipinski definition) is 1. The van der Waals surface area contributed by atoms with E-state index in [0.717, 1.165) is 30.8 Å². The lowest BCUT2D eigenvalue weighted by atomic mass is 10.1. The lowest BCUT2D eigenvalue weighted by Crippen LogP contribution is -2.45. The van der Waals surface area contributed by atoms with Gasteiger partial charge in [-0.25, -0.2) is 0 Å². The van der Waals surface area contributed by atoms with Gasteiger partial charge in [0.1, 0.15) is 12.4 Å². The lowest BCUT2D eigenvalue weighted by Gasteiger charge is -2.36. The van der Waals surface area contributed by atoms with Crippen molar-refractivity contribution >= 4 is 17.5 Å². The van der Waals surface area contributed by atoms with Crippen molar-refractivity contribution in [2.75, 3.05) is 45.4 Å². The zero-order valence-corrected chi connectivity index (χ0v) is 16.4. The fraction of sp³-hybridized carbons (Fsp3) is 0.600. The van der Waals surface area contributed by atoms with Gasteiger partial charge >= 0.3 is 0 Å².